The predicted octanol–water partition coefficient (Wildman–Crippen LogP) is 5.34. The predicted molar refractivity (Wildman–Crippen MR) is 77.1 cm³/mol. The summed E-state index contributed by atoms with van der Waals surface area (Å²) in [5, 5.41) is 0. The van der Waals surface area contributed by atoms with E-state index in [1.807, 2.05) is 0 Å². The van der Waals surface area contributed by atoms with Gasteiger partial charge in [0.1, 0.15) is 0 Å². The van der Waals surface area contributed by atoms with Crippen molar-refractivity contribution in [3.8, 4) is 0 Å². The molecule has 0 amide bonds. The zero-order valence-electron chi connectivity index (χ0n) is 11.3. The van der Waals surface area contributed by atoms with Crippen molar-refractivity contribution in [2.24, 2.45) is 0 Å². The Balaban J connectivity index is 3.94. The molecule has 0 atom stereocenters. The van der Waals surface area contributed by atoms with Crippen molar-refractivity contribution in [3.05, 3.63) is 21.8 Å². The number of hydrogen-bond donors (Lipinski definition) is 0. The standard InChI is InChI=1S/C15H28Te/c1-4-7-10-12-15(13-11-8-5-2)16-14-9-6-3/h7,10,12H,4-6,8-9,11,13-14H2,1-3H3/b10-7+,15-12+. The van der Waals surface area contributed by atoms with Crippen LogP contribution in [0.1, 0.15) is 65.7 Å². The van der Waals surface area contributed by atoms with Crippen LogP contribution in [0, 0.1) is 0 Å². The second-order valence-electron chi connectivity index (χ2n) is 4.13. The van der Waals surface area contributed by atoms with Gasteiger partial charge in [0.2, 0.25) is 0 Å². The molecule has 0 saturated heterocycles. The van der Waals surface area contributed by atoms with Crippen molar-refractivity contribution in [1.29, 1.82) is 0 Å². The quantitative estimate of drug-likeness (QED) is 0.287. The fraction of sp³-hybridized carbons (Fsp3) is 0.733. The molecule has 0 bridgehead atoms. The molecule has 0 fully saturated rings. The van der Waals surface area contributed by atoms with Crippen molar-refractivity contribution in [1.82, 2.24) is 0 Å². The monoisotopic (exact) mass is 338 g/mol. The molecular weight excluding hydrogens is 308 g/mol. The number of hydrogen-bond acceptors (Lipinski definition) is 0. The van der Waals surface area contributed by atoms with Crippen molar-refractivity contribution in [3.63, 3.8) is 0 Å². The minimum atomic E-state index is 0.148. The number of unbranched alkanes of at least 4 members (excludes halogenated alkanes) is 3. The molecule has 0 aromatic rings. The third-order valence-electron chi connectivity index (χ3n) is 2.47. The molecule has 0 aromatic heterocycles. The van der Waals surface area contributed by atoms with Crippen LogP contribution in [0.4, 0.5) is 0 Å². The van der Waals surface area contributed by atoms with E-state index in [0.717, 1.165) is 6.42 Å². The second kappa shape index (κ2) is 13.3. The number of allylic oxidation sites excluding steroid dienone is 4. The summed E-state index contributed by atoms with van der Waals surface area (Å²) in [5.41, 5.74) is 0. The summed E-state index contributed by atoms with van der Waals surface area (Å²) >= 11 is 0.148. The molecule has 0 spiro atoms. The SMILES string of the molecule is CC/C=C/C=C(\CCCCC)[Te]CCCC. The van der Waals surface area contributed by atoms with Gasteiger partial charge in [0.15, 0.2) is 0 Å². The molecule has 0 heterocycles. The zero-order chi connectivity index (χ0) is 12.1. The van der Waals surface area contributed by atoms with Crippen molar-refractivity contribution in [2.75, 3.05) is 0 Å². The van der Waals surface area contributed by atoms with E-state index in [4.69, 9.17) is 0 Å². The van der Waals surface area contributed by atoms with Crippen LogP contribution in [0.25, 0.3) is 0 Å². The second-order valence-corrected chi connectivity index (χ2v) is 7.61. The van der Waals surface area contributed by atoms with Gasteiger partial charge in [-0.2, -0.15) is 0 Å². The third kappa shape index (κ3) is 10.8. The van der Waals surface area contributed by atoms with Gasteiger partial charge in [-0.15, -0.1) is 0 Å². The van der Waals surface area contributed by atoms with Gasteiger partial charge in [-0.3, -0.25) is 0 Å². The summed E-state index contributed by atoms with van der Waals surface area (Å²) < 4.78 is 3.29. The Hall–Kier alpha value is 0.270. The van der Waals surface area contributed by atoms with E-state index >= 15 is 0 Å². The summed E-state index contributed by atoms with van der Waals surface area (Å²) in [6.45, 7) is 6.79. The van der Waals surface area contributed by atoms with Crippen LogP contribution >= 0.6 is 0 Å². The van der Waals surface area contributed by atoms with E-state index in [2.05, 4.69) is 39.0 Å². The first kappa shape index (κ1) is 16.3. The zero-order valence-corrected chi connectivity index (χ0v) is 13.6. The average molecular weight is 336 g/mol. The van der Waals surface area contributed by atoms with Gasteiger partial charge in [-0.1, -0.05) is 0 Å². The van der Waals surface area contributed by atoms with Gasteiger partial charge in [0.05, 0.1) is 0 Å². The fourth-order valence-corrected chi connectivity index (χ4v) is 4.72. The van der Waals surface area contributed by atoms with E-state index in [-0.39, 0.29) is 20.9 Å². The average Bonchev–Trinajstić information content (AvgIpc) is 2.29. The minimum absolute atomic E-state index is 0.148. The van der Waals surface area contributed by atoms with E-state index < -0.39 is 0 Å². The van der Waals surface area contributed by atoms with E-state index in [9.17, 15) is 0 Å². The van der Waals surface area contributed by atoms with Gasteiger partial charge in [0, 0.05) is 0 Å². The first-order valence-electron chi connectivity index (χ1n) is 6.83. The van der Waals surface area contributed by atoms with Crippen LogP contribution in [-0.4, -0.2) is 20.9 Å². The summed E-state index contributed by atoms with van der Waals surface area (Å²) in [6.07, 6.45) is 16.4. The first-order valence-corrected chi connectivity index (χ1v) is 9.64. The molecular formula is C15H28Te. The molecule has 0 aliphatic rings. The molecule has 94 valence electrons. The van der Waals surface area contributed by atoms with Crippen LogP contribution in [0.5, 0.6) is 0 Å². The Kier molecular flexibility index (Phi) is 13.6. The van der Waals surface area contributed by atoms with E-state index in [1.165, 1.54) is 43.0 Å². The van der Waals surface area contributed by atoms with Crippen LogP contribution in [0.2, 0.25) is 4.47 Å². The summed E-state index contributed by atoms with van der Waals surface area (Å²) in [4.78, 5) is 0. The molecule has 0 saturated carbocycles. The Bertz CT molecular complexity index is 180. The normalized spacial score (nSPS) is 12.6. The number of rotatable bonds is 10. The third-order valence-corrected chi connectivity index (χ3v) is 5.90. The van der Waals surface area contributed by atoms with Crippen LogP contribution in [0.3, 0.4) is 0 Å². The fourth-order valence-electron chi connectivity index (χ4n) is 1.41. The van der Waals surface area contributed by atoms with Crippen LogP contribution in [-0.2, 0) is 0 Å². The molecule has 0 unspecified atom stereocenters. The van der Waals surface area contributed by atoms with Gasteiger partial charge >= 0.3 is 113 Å². The Morgan fingerprint density at radius 1 is 1.00 bits per heavy atom. The molecule has 16 heavy (non-hydrogen) atoms. The Morgan fingerprint density at radius 3 is 2.38 bits per heavy atom. The Labute approximate surface area is 113 Å². The van der Waals surface area contributed by atoms with Gasteiger partial charge < -0.3 is 0 Å². The van der Waals surface area contributed by atoms with Gasteiger partial charge in [-0.05, 0) is 0 Å². The van der Waals surface area contributed by atoms with Crippen molar-refractivity contribution in [2.45, 2.75) is 70.2 Å². The van der Waals surface area contributed by atoms with Crippen molar-refractivity contribution < 1.29 is 0 Å². The van der Waals surface area contributed by atoms with Gasteiger partial charge in [-0.25, -0.2) is 0 Å². The maximum atomic E-state index is 2.41. The molecule has 0 radical (unpaired) electrons. The van der Waals surface area contributed by atoms with E-state index in [0.29, 0.717) is 0 Å². The first-order chi connectivity index (χ1) is 7.85. The molecule has 0 N–H and O–H groups in total. The molecule has 0 aliphatic carbocycles. The topological polar surface area (TPSA) is 0 Å². The van der Waals surface area contributed by atoms with E-state index in [1.54, 1.807) is 3.62 Å². The Morgan fingerprint density at radius 2 is 1.75 bits per heavy atom. The van der Waals surface area contributed by atoms with Gasteiger partial charge in [0.25, 0.3) is 0 Å². The molecule has 0 rings (SSSR count). The van der Waals surface area contributed by atoms with Crippen molar-refractivity contribution >= 4 is 20.9 Å². The maximum absolute atomic E-state index is 2.41. The summed E-state index contributed by atoms with van der Waals surface area (Å²) in [7, 11) is 0. The molecule has 1 heteroatoms. The molecule has 0 aromatic carbocycles. The summed E-state index contributed by atoms with van der Waals surface area (Å²) in [6, 6.07) is 0. The molecule has 0 aliphatic heterocycles. The molecule has 0 nitrogen and oxygen atoms in total. The summed E-state index contributed by atoms with van der Waals surface area (Å²) in [5.74, 6) is 0. The van der Waals surface area contributed by atoms with Crippen LogP contribution in [0.15, 0.2) is 21.8 Å². The van der Waals surface area contributed by atoms with Crippen LogP contribution < -0.4 is 0 Å².